The molecule has 23 heavy (non-hydrogen) atoms. The molecule has 0 unspecified atom stereocenters. The van der Waals surface area contributed by atoms with Gasteiger partial charge in [0.25, 0.3) is 5.91 Å². The number of nitrogens with zero attached hydrogens (tertiary/aromatic N) is 3. The first-order chi connectivity index (χ1) is 11.1. The van der Waals surface area contributed by atoms with E-state index in [1.807, 2.05) is 6.07 Å². The fraction of sp³-hybridized carbons (Fsp3) is 0.0625. The summed E-state index contributed by atoms with van der Waals surface area (Å²) < 4.78 is 15.5. The van der Waals surface area contributed by atoms with E-state index in [4.69, 9.17) is 0 Å². The topological polar surface area (TPSA) is 80.0 Å². The van der Waals surface area contributed by atoms with Gasteiger partial charge in [0, 0.05) is 5.69 Å². The molecular weight excluding hydrogens is 299 g/mol. The summed E-state index contributed by atoms with van der Waals surface area (Å²) in [7, 11) is 0. The fourth-order valence-corrected chi connectivity index (χ4v) is 2.19. The lowest BCUT2D eigenvalue weighted by Crippen LogP contribution is -2.14. The van der Waals surface area contributed by atoms with Crippen LogP contribution in [-0.2, 0) is 6.54 Å². The molecule has 0 saturated carbocycles. The molecule has 0 radical (unpaired) electrons. The normalized spacial score (nSPS) is 10.5. The van der Waals surface area contributed by atoms with Gasteiger partial charge in [0.05, 0.1) is 6.54 Å². The van der Waals surface area contributed by atoms with Crippen molar-refractivity contribution < 1.29 is 14.3 Å². The van der Waals surface area contributed by atoms with Crippen LogP contribution in [-0.4, -0.2) is 25.8 Å². The molecule has 0 spiro atoms. The summed E-state index contributed by atoms with van der Waals surface area (Å²) in [6, 6.07) is 10.8. The van der Waals surface area contributed by atoms with Crippen molar-refractivity contribution >= 4 is 11.6 Å². The Kier molecular flexibility index (Phi) is 4.01. The average molecular weight is 312 g/mol. The van der Waals surface area contributed by atoms with Gasteiger partial charge < -0.3 is 15.0 Å². The van der Waals surface area contributed by atoms with Crippen LogP contribution in [0, 0.1) is 5.82 Å². The van der Waals surface area contributed by atoms with Crippen molar-refractivity contribution in [3.8, 4) is 5.75 Å². The van der Waals surface area contributed by atoms with E-state index in [2.05, 4.69) is 15.5 Å². The van der Waals surface area contributed by atoms with E-state index < -0.39 is 17.5 Å². The van der Waals surface area contributed by atoms with Gasteiger partial charge >= 0.3 is 0 Å². The molecule has 3 rings (SSSR count). The number of rotatable bonds is 4. The molecule has 0 atom stereocenters. The van der Waals surface area contributed by atoms with E-state index in [0.29, 0.717) is 12.2 Å². The minimum atomic E-state index is -0.775. The quantitative estimate of drug-likeness (QED) is 0.775. The van der Waals surface area contributed by atoms with Gasteiger partial charge in [-0.05, 0) is 29.8 Å². The number of amides is 1. The van der Waals surface area contributed by atoms with Crippen molar-refractivity contribution in [2.75, 3.05) is 5.32 Å². The molecule has 1 aromatic heterocycles. The molecule has 0 aliphatic rings. The third-order valence-corrected chi connectivity index (χ3v) is 3.24. The molecule has 116 valence electrons. The molecule has 6 nitrogen and oxygen atoms in total. The second-order valence-electron chi connectivity index (χ2n) is 4.92. The summed E-state index contributed by atoms with van der Waals surface area (Å²) in [6.45, 7) is 0.543. The Morgan fingerprint density at radius 1 is 1.17 bits per heavy atom. The predicted molar refractivity (Wildman–Crippen MR) is 81.6 cm³/mol. The van der Waals surface area contributed by atoms with E-state index in [-0.39, 0.29) is 5.56 Å². The van der Waals surface area contributed by atoms with Gasteiger partial charge in [-0.2, -0.15) is 0 Å². The molecule has 1 amide bonds. The standard InChI is InChI=1S/C16H13FN4O2/c17-13-5-2-6-14(22)15(13)16(23)20-12-4-1-3-11(7-12)8-21-9-18-19-10-21/h1-7,9-10,22H,8H2,(H,20,23). The highest BCUT2D eigenvalue weighted by atomic mass is 19.1. The first kappa shape index (κ1) is 14.7. The lowest BCUT2D eigenvalue weighted by atomic mass is 10.1. The molecule has 2 N–H and O–H groups in total. The average Bonchev–Trinajstić information content (AvgIpc) is 3.00. The minimum absolute atomic E-state index is 0.378. The monoisotopic (exact) mass is 312 g/mol. The Morgan fingerprint density at radius 3 is 2.65 bits per heavy atom. The number of hydrogen-bond donors (Lipinski definition) is 2. The highest BCUT2D eigenvalue weighted by Crippen LogP contribution is 2.21. The van der Waals surface area contributed by atoms with Crippen LogP contribution < -0.4 is 5.32 Å². The number of aromatic nitrogens is 3. The zero-order chi connectivity index (χ0) is 16.2. The Labute approximate surface area is 131 Å². The summed E-state index contributed by atoms with van der Waals surface area (Å²) in [4.78, 5) is 12.1. The Morgan fingerprint density at radius 2 is 1.91 bits per heavy atom. The van der Waals surface area contributed by atoms with E-state index >= 15 is 0 Å². The van der Waals surface area contributed by atoms with E-state index in [1.165, 1.54) is 12.1 Å². The first-order valence-corrected chi connectivity index (χ1v) is 6.83. The van der Waals surface area contributed by atoms with Crippen LogP contribution in [0.4, 0.5) is 10.1 Å². The first-order valence-electron chi connectivity index (χ1n) is 6.83. The number of phenols is 1. The minimum Gasteiger partial charge on any atom is -0.507 e. The van der Waals surface area contributed by atoms with Crippen LogP contribution in [0.5, 0.6) is 5.75 Å². The van der Waals surface area contributed by atoms with E-state index in [1.54, 1.807) is 35.4 Å². The molecule has 0 fully saturated rings. The van der Waals surface area contributed by atoms with Crippen LogP contribution in [0.25, 0.3) is 0 Å². The van der Waals surface area contributed by atoms with Crippen LogP contribution in [0.2, 0.25) is 0 Å². The molecule has 3 aromatic rings. The number of aromatic hydroxyl groups is 1. The fourth-order valence-electron chi connectivity index (χ4n) is 2.19. The van der Waals surface area contributed by atoms with Gasteiger partial charge in [0.2, 0.25) is 0 Å². The number of halogens is 1. The molecule has 0 aliphatic heterocycles. The van der Waals surface area contributed by atoms with Gasteiger partial charge in [0.15, 0.2) is 0 Å². The second-order valence-corrected chi connectivity index (χ2v) is 4.92. The van der Waals surface area contributed by atoms with Gasteiger partial charge in [-0.25, -0.2) is 4.39 Å². The zero-order valence-corrected chi connectivity index (χ0v) is 12.0. The molecule has 2 aromatic carbocycles. The summed E-state index contributed by atoms with van der Waals surface area (Å²) in [6.07, 6.45) is 3.17. The molecule has 0 aliphatic carbocycles. The lowest BCUT2D eigenvalue weighted by molar-refractivity contribution is 0.102. The number of hydrogen-bond acceptors (Lipinski definition) is 4. The summed E-state index contributed by atoms with van der Waals surface area (Å²) in [5.41, 5.74) is 1.04. The lowest BCUT2D eigenvalue weighted by Gasteiger charge is -2.09. The van der Waals surface area contributed by atoms with Crippen LogP contribution in [0.3, 0.4) is 0 Å². The van der Waals surface area contributed by atoms with Crippen molar-refractivity contribution in [1.82, 2.24) is 14.8 Å². The number of nitrogens with one attached hydrogen (secondary N) is 1. The molecule has 1 heterocycles. The predicted octanol–water partition coefficient (Wildman–Crippen LogP) is 2.42. The molecule has 7 heteroatoms. The summed E-state index contributed by atoms with van der Waals surface area (Å²) >= 11 is 0. The second kappa shape index (κ2) is 6.27. The highest BCUT2D eigenvalue weighted by Gasteiger charge is 2.16. The van der Waals surface area contributed by atoms with Crippen molar-refractivity contribution in [2.24, 2.45) is 0 Å². The summed E-state index contributed by atoms with van der Waals surface area (Å²) in [5.74, 6) is -1.88. The molecule has 0 saturated heterocycles. The Bertz CT molecular complexity index is 814. The highest BCUT2D eigenvalue weighted by molar-refractivity contribution is 6.06. The molecular formula is C16H13FN4O2. The number of anilines is 1. The van der Waals surface area contributed by atoms with Gasteiger partial charge in [-0.1, -0.05) is 18.2 Å². The maximum absolute atomic E-state index is 13.7. The van der Waals surface area contributed by atoms with Gasteiger partial charge in [-0.15, -0.1) is 10.2 Å². The Balaban J connectivity index is 1.79. The maximum Gasteiger partial charge on any atom is 0.262 e. The number of carbonyl (C=O) groups is 1. The smallest absolute Gasteiger partial charge is 0.262 e. The Hall–Kier alpha value is -3.22. The number of phenolic OH excluding ortho intramolecular Hbond substituents is 1. The SMILES string of the molecule is O=C(Nc1cccc(Cn2cnnc2)c1)c1c(O)cccc1F. The largest absolute Gasteiger partial charge is 0.507 e. The third kappa shape index (κ3) is 3.34. The van der Waals surface area contributed by atoms with E-state index in [0.717, 1.165) is 11.6 Å². The van der Waals surface area contributed by atoms with Crippen molar-refractivity contribution in [3.63, 3.8) is 0 Å². The van der Waals surface area contributed by atoms with Crippen molar-refractivity contribution in [3.05, 3.63) is 72.1 Å². The van der Waals surface area contributed by atoms with E-state index in [9.17, 15) is 14.3 Å². The number of carbonyl (C=O) groups excluding carboxylic acids is 1. The van der Waals surface area contributed by atoms with Crippen LogP contribution in [0.15, 0.2) is 55.1 Å². The van der Waals surface area contributed by atoms with Crippen molar-refractivity contribution in [2.45, 2.75) is 6.54 Å². The van der Waals surface area contributed by atoms with Crippen LogP contribution in [0.1, 0.15) is 15.9 Å². The van der Waals surface area contributed by atoms with Gasteiger partial charge in [0.1, 0.15) is 29.8 Å². The molecule has 0 bridgehead atoms. The van der Waals surface area contributed by atoms with Gasteiger partial charge in [-0.3, -0.25) is 4.79 Å². The summed E-state index contributed by atoms with van der Waals surface area (Å²) in [5, 5.41) is 19.7. The number of benzene rings is 2. The zero-order valence-electron chi connectivity index (χ0n) is 12.0. The van der Waals surface area contributed by atoms with Crippen LogP contribution >= 0.6 is 0 Å². The third-order valence-electron chi connectivity index (χ3n) is 3.24. The van der Waals surface area contributed by atoms with Crippen molar-refractivity contribution in [1.29, 1.82) is 0 Å². The maximum atomic E-state index is 13.7.